The van der Waals surface area contributed by atoms with Crippen LogP contribution < -0.4 is 5.32 Å². The predicted molar refractivity (Wildman–Crippen MR) is 65.9 cm³/mol. The fourth-order valence-electron chi connectivity index (χ4n) is 2.96. The number of ether oxygens (including phenoxy) is 1. The van der Waals surface area contributed by atoms with Crippen LogP contribution in [-0.4, -0.2) is 19.1 Å². The molecule has 0 bridgehead atoms. The molecule has 1 N–H and O–H groups in total. The number of para-hydroxylation sites is 1. The smallest absolute Gasteiger partial charge is 0.224 e. The van der Waals surface area contributed by atoms with E-state index in [1.165, 1.54) is 5.56 Å². The zero-order chi connectivity index (χ0) is 11.7. The quantitative estimate of drug-likeness (QED) is 0.744. The van der Waals surface area contributed by atoms with Gasteiger partial charge in [0.05, 0.1) is 0 Å². The first kappa shape index (κ1) is 10.8. The molecule has 0 radical (unpaired) electrons. The van der Waals surface area contributed by atoms with Gasteiger partial charge in [-0.1, -0.05) is 18.2 Å². The second-order valence-electron chi connectivity index (χ2n) is 5.17. The lowest BCUT2D eigenvalue weighted by molar-refractivity contribution is -0.119. The largest absolute Gasteiger partial charge is 0.381 e. The molecule has 2 heterocycles. The predicted octanol–water partition coefficient (Wildman–Crippen LogP) is 2.37. The topological polar surface area (TPSA) is 38.3 Å². The highest BCUT2D eigenvalue weighted by Crippen LogP contribution is 2.41. The summed E-state index contributed by atoms with van der Waals surface area (Å²) in [4.78, 5) is 12.0. The Bertz CT molecular complexity index is 436. The lowest BCUT2D eigenvalue weighted by atomic mass is 9.73. The highest BCUT2D eigenvalue weighted by molar-refractivity contribution is 5.92. The van der Waals surface area contributed by atoms with E-state index in [4.69, 9.17) is 4.74 Å². The second-order valence-corrected chi connectivity index (χ2v) is 5.17. The number of anilines is 1. The molecule has 0 saturated carbocycles. The summed E-state index contributed by atoms with van der Waals surface area (Å²) < 4.78 is 5.43. The Morgan fingerprint density at radius 1 is 1.12 bits per heavy atom. The van der Waals surface area contributed by atoms with Crippen molar-refractivity contribution < 1.29 is 9.53 Å². The molecule has 3 rings (SSSR count). The summed E-state index contributed by atoms with van der Waals surface area (Å²) in [6.45, 7) is 1.57. The van der Waals surface area contributed by atoms with Gasteiger partial charge in [-0.2, -0.15) is 0 Å². The highest BCUT2D eigenvalue weighted by atomic mass is 16.5. The molecule has 0 aliphatic carbocycles. The van der Waals surface area contributed by atoms with E-state index in [0.29, 0.717) is 6.42 Å². The summed E-state index contributed by atoms with van der Waals surface area (Å²) in [7, 11) is 0. The van der Waals surface area contributed by atoms with Crippen molar-refractivity contribution in [3.63, 3.8) is 0 Å². The molecule has 1 spiro atoms. The molecule has 1 amide bonds. The third-order valence-corrected chi connectivity index (χ3v) is 3.95. The van der Waals surface area contributed by atoms with Crippen molar-refractivity contribution in [2.45, 2.75) is 25.7 Å². The van der Waals surface area contributed by atoms with Gasteiger partial charge < -0.3 is 10.1 Å². The van der Waals surface area contributed by atoms with Gasteiger partial charge in [-0.3, -0.25) is 4.79 Å². The van der Waals surface area contributed by atoms with Crippen LogP contribution in [0.25, 0.3) is 0 Å². The Labute approximate surface area is 101 Å². The molecule has 0 aromatic heterocycles. The van der Waals surface area contributed by atoms with Crippen molar-refractivity contribution >= 4 is 11.6 Å². The van der Waals surface area contributed by atoms with Gasteiger partial charge in [0.15, 0.2) is 0 Å². The van der Waals surface area contributed by atoms with Crippen LogP contribution in [-0.2, 0) is 16.0 Å². The standard InChI is InChI=1S/C14H17NO2/c16-13-10-14(5-7-17-8-6-14)9-11-3-1-2-4-12(11)15-13/h1-4H,5-10H2,(H,15,16). The first-order chi connectivity index (χ1) is 8.27. The van der Waals surface area contributed by atoms with Crippen LogP contribution in [0.4, 0.5) is 5.69 Å². The number of benzene rings is 1. The molecule has 1 fully saturated rings. The average molecular weight is 231 g/mol. The van der Waals surface area contributed by atoms with Gasteiger partial charge in [0.25, 0.3) is 0 Å². The maximum atomic E-state index is 12.0. The van der Waals surface area contributed by atoms with E-state index >= 15 is 0 Å². The number of carbonyl (C=O) groups excluding carboxylic acids is 1. The minimum absolute atomic E-state index is 0.120. The second kappa shape index (κ2) is 4.15. The minimum atomic E-state index is 0.120. The molecular formula is C14H17NO2. The third-order valence-electron chi connectivity index (χ3n) is 3.95. The maximum absolute atomic E-state index is 12.0. The van der Waals surface area contributed by atoms with Crippen LogP contribution in [0.15, 0.2) is 24.3 Å². The third kappa shape index (κ3) is 2.07. The molecule has 1 aromatic rings. The fraction of sp³-hybridized carbons (Fsp3) is 0.500. The number of hydrogen-bond donors (Lipinski definition) is 1. The molecule has 2 aliphatic rings. The fourth-order valence-corrected chi connectivity index (χ4v) is 2.96. The molecule has 2 aliphatic heterocycles. The highest BCUT2D eigenvalue weighted by Gasteiger charge is 2.37. The molecule has 1 saturated heterocycles. The zero-order valence-corrected chi connectivity index (χ0v) is 9.87. The van der Waals surface area contributed by atoms with Crippen LogP contribution in [0.2, 0.25) is 0 Å². The van der Waals surface area contributed by atoms with Crippen molar-refractivity contribution in [1.82, 2.24) is 0 Å². The lowest BCUT2D eigenvalue weighted by Gasteiger charge is -2.35. The van der Waals surface area contributed by atoms with Gasteiger partial charge in [0.1, 0.15) is 0 Å². The summed E-state index contributed by atoms with van der Waals surface area (Å²) in [5.74, 6) is 0.150. The van der Waals surface area contributed by atoms with Gasteiger partial charge in [0, 0.05) is 25.3 Å². The van der Waals surface area contributed by atoms with Crippen molar-refractivity contribution in [3.05, 3.63) is 29.8 Å². The van der Waals surface area contributed by atoms with Gasteiger partial charge in [-0.15, -0.1) is 0 Å². The van der Waals surface area contributed by atoms with E-state index in [9.17, 15) is 4.79 Å². The van der Waals surface area contributed by atoms with Crippen LogP contribution in [0, 0.1) is 5.41 Å². The number of hydrogen-bond acceptors (Lipinski definition) is 2. The van der Waals surface area contributed by atoms with Crippen molar-refractivity contribution in [2.75, 3.05) is 18.5 Å². The van der Waals surface area contributed by atoms with E-state index in [1.54, 1.807) is 0 Å². The Hall–Kier alpha value is -1.35. The number of rotatable bonds is 0. The summed E-state index contributed by atoms with van der Waals surface area (Å²) in [6.07, 6.45) is 3.61. The number of amides is 1. The molecule has 1 aromatic carbocycles. The first-order valence-electron chi connectivity index (χ1n) is 6.23. The molecule has 17 heavy (non-hydrogen) atoms. The lowest BCUT2D eigenvalue weighted by Crippen LogP contribution is -2.33. The normalized spacial score (nSPS) is 22.7. The van der Waals surface area contributed by atoms with Gasteiger partial charge in [-0.05, 0) is 36.3 Å². The number of carbonyl (C=O) groups is 1. The van der Waals surface area contributed by atoms with Gasteiger partial charge in [0.2, 0.25) is 5.91 Å². The molecule has 0 atom stereocenters. The number of fused-ring (bicyclic) bond motifs is 1. The van der Waals surface area contributed by atoms with Gasteiger partial charge in [-0.25, -0.2) is 0 Å². The monoisotopic (exact) mass is 231 g/mol. The SMILES string of the molecule is O=C1CC2(CCOCC2)Cc2ccccc2N1. The Morgan fingerprint density at radius 2 is 1.88 bits per heavy atom. The molecule has 3 nitrogen and oxygen atoms in total. The molecule has 90 valence electrons. The van der Waals surface area contributed by atoms with E-state index in [0.717, 1.165) is 38.2 Å². The van der Waals surface area contributed by atoms with Crippen molar-refractivity contribution in [2.24, 2.45) is 5.41 Å². The Morgan fingerprint density at radius 3 is 2.71 bits per heavy atom. The van der Waals surface area contributed by atoms with Crippen LogP contribution in [0.1, 0.15) is 24.8 Å². The van der Waals surface area contributed by atoms with Gasteiger partial charge >= 0.3 is 0 Å². The van der Waals surface area contributed by atoms with Crippen LogP contribution in [0.5, 0.6) is 0 Å². The van der Waals surface area contributed by atoms with E-state index < -0.39 is 0 Å². The van der Waals surface area contributed by atoms with E-state index in [2.05, 4.69) is 11.4 Å². The average Bonchev–Trinajstić information content (AvgIpc) is 2.45. The van der Waals surface area contributed by atoms with Crippen LogP contribution >= 0.6 is 0 Å². The van der Waals surface area contributed by atoms with E-state index in [1.807, 2.05) is 18.2 Å². The number of nitrogens with one attached hydrogen (secondary N) is 1. The Kier molecular flexibility index (Phi) is 2.63. The summed E-state index contributed by atoms with van der Waals surface area (Å²) >= 11 is 0. The summed E-state index contributed by atoms with van der Waals surface area (Å²) in [5.41, 5.74) is 2.37. The Balaban J connectivity index is 1.96. The maximum Gasteiger partial charge on any atom is 0.224 e. The molecular weight excluding hydrogens is 214 g/mol. The van der Waals surface area contributed by atoms with E-state index in [-0.39, 0.29) is 11.3 Å². The van der Waals surface area contributed by atoms with Crippen LogP contribution in [0.3, 0.4) is 0 Å². The van der Waals surface area contributed by atoms with Crippen molar-refractivity contribution in [3.8, 4) is 0 Å². The molecule has 3 heteroatoms. The summed E-state index contributed by atoms with van der Waals surface area (Å²) in [5, 5.41) is 3.01. The minimum Gasteiger partial charge on any atom is -0.381 e. The first-order valence-corrected chi connectivity index (χ1v) is 6.23. The molecule has 0 unspecified atom stereocenters. The summed E-state index contributed by atoms with van der Waals surface area (Å²) in [6, 6.07) is 8.13. The van der Waals surface area contributed by atoms with Crippen molar-refractivity contribution in [1.29, 1.82) is 0 Å². The zero-order valence-electron chi connectivity index (χ0n) is 9.87.